The lowest BCUT2D eigenvalue weighted by molar-refractivity contribution is 0.415. The van der Waals surface area contributed by atoms with Crippen molar-refractivity contribution in [2.45, 2.75) is 13.5 Å². The van der Waals surface area contributed by atoms with Gasteiger partial charge < -0.3 is 15.8 Å². The van der Waals surface area contributed by atoms with Crippen LogP contribution in [0.15, 0.2) is 36.5 Å². The lowest BCUT2D eigenvalue weighted by Crippen LogP contribution is -2.05. The Labute approximate surface area is 107 Å². The quantitative estimate of drug-likeness (QED) is 0.810. The van der Waals surface area contributed by atoms with Gasteiger partial charge in [0.15, 0.2) is 0 Å². The van der Waals surface area contributed by atoms with Crippen molar-refractivity contribution in [2.24, 2.45) is 0 Å². The maximum absolute atomic E-state index is 5.91. The van der Waals surface area contributed by atoms with Crippen LogP contribution < -0.4 is 15.8 Å². The molecule has 0 aliphatic rings. The van der Waals surface area contributed by atoms with Gasteiger partial charge in [-0.15, -0.1) is 0 Å². The van der Waals surface area contributed by atoms with Crippen LogP contribution in [0.1, 0.15) is 11.3 Å². The number of rotatable bonds is 4. The molecular weight excluding hydrogens is 226 g/mol. The van der Waals surface area contributed by atoms with Gasteiger partial charge in [-0.2, -0.15) is 0 Å². The van der Waals surface area contributed by atoms with Gasteiger partial charge in [0.25, 0.3) is 0 Å². The molecule has 1 heterocycles. The number of aromatic nitrogens is 1. The number of anilines is 2. The molecule has 0 saturated heterocycles. The van der Waals surface area contributed by atoms with Crippen LogP contribution in [-0.2, 0) is 6.54 Å². The SMILES string of the molecule is COc1ccc(N)c(NCc2ncccc2C)c1. The van der Waals surface area contributed by atoms with Crippen LogP contribution in [-0.4, -0.2) is 12.1 Å². The predicted molar refractivity (Wildman–Crippen MR) is 73.7 cm³/mol. The molecule has 0 aliphatic heterocycles. The van der Waals surface area contributed by atoms with Crippen molar-refractivity contribution in [2.75, 3.05) is 18.2 Å². The van der Waals surface area contributed by atoms with Crippen LogP contribution in [0.2, 0.25) is 0 Å². The number of benzene rings is 1. The Balaban J connectivity index is 2.13. The summed E-state index contributed by atoms with van der Waals surface area (Å²) in [5, 5.41) is 3.28. The minimum absolute atomic E-state index is 0.643. The summed E-state index contributed by atoms with van der Waals surface area (Å²) < 4.78 is 5.17. The monoisotopic (exact) mass is 243 g/mol. The summed E-state index contributed by atoms with van der Waals surface area (Å²) >= 11 is 0. The molecule has 2 rings (SSSR count). The topological polar surface area (TPSA) is 60.2 Å². The smallest absolute Gasteiger partial charge is 0.121 e. The predicted octanol–water partition coefficient (Wildman–Crippen LogP) is 2.59. The van der Waals surface area contributed by atoms with Gasteiger partial charge in [-0.05, 0) is 30.7 Å². The first-order valence-corrected chi connectivity index (χ1v) is 5.78. The van der Waals surface area contributed by atoms with E-state index in [9.17, 15) is 0 Å². The summed E-state index contributed by atoms with van der Waals surface area (Å²) in [7, 11) is 1.64. The summed E-state index contributed by atoms with van der Waals surface area (Å²) in [5.74, 6) is 0.782. The minimum atomic E-state index is 0.643. The van der Waals surface area contributed by atoms with Gasteiger partial charge in [-0.1, -0.05) is 6.07 Å². The third-order valence-electron chi connectivity index (χ3n) is 2.82. The van der Waals surface area contributed by atoms with Crippen LogP contribution in [0.25, 0.3) is 0 Å². The van der Waals surface area contributed by atoms with Gasteiger partial charge in [-0.25, -0.2) is 0 Å². The van der Waals surface area contributed by atoms with Crippen molar-refractivity contribution in [3.63, 3.8) is 0 Å². The highest BCUT2D eigenvalue weighted by Crippen LogP contribution is 2.24. The fourth-order valence-corrected chi connectivity index (χ4v) is 1.70. The molecule has 2 aromatic rings. The average molecular weight is 243 g/mol. The molecule has 0 unspecified atom stereocenters. The zero-order valence-electron chi connectivity index (χ0n) is 10.6. The number of nitrogens with one attached hydrogen (secondary N) is 1. The first-order valence-electron chi connectivity index (χ1n) is 5.78. The van der Waals surface area contributed by atoms with Gasteiger partial charge >= 0.3 is 0 Å². The Morgan fingerprint density at radius 3 is 2.89 bits per heavy atom. The van der Waals surface area contributed by atoms with Crippen LogP contribution >= 0.6 is 0 Å². The highest BCUT2D eigenvalue weighted by atomic mass is 16.5. The summed E-state index contributed by atoms with van der Waals surface area (Å²) in [6.45, 7) is 2.68. The van der Waals surface area contributed by atoms with Gasteiger partial charge in [0.05, 0.1) is 30.7 Å². The normalized spacial score (nSPS) is 10.1. The molecule has 1 aromatic heterocycles. The van der Waals surface area contributed by atoms with Crippen LogP contribution in [0.3, 0.4) is 0 Å². The van der Waals surface area contributed by atoms with Crippen molar-refractivity contribution < 1.29 is 4.74 Å². The second kappa shape index (κ2) is 5.40. The largest absolute Gasteiger partial charge is 0.497 e. The summed E-state index contributed by atoms with van der Waals surface area (Å²) in [5.41, 5.74) is 9.64. The molecule has 3 N–H and O–H groups in total. The Hall–Kier alpha value is -2.23. The van der Waals surface area contributed by atoms with E-state index in [4.69, 9.17) is 10.5 Å². The fraction of sp³-hybridized carbons (Fsp3) is 0.214. The zero-order chi connectivity index (χ0) is 13.0. The van der Waals surface area contributed by atoms with E-state index in [2.05, 4.69) is 10.3 Å². The second-order valence-corrected chi connectivity index (χ2v) is 4.07. The molecule has 0 bridgehead atoms. The second-order valence-electron chi connectivity index (χ2n) is 4.07. The third kappa shape index (κ3) is 2.71. The Bertz CT molecular complexity index is 540. The average Bonchev–Trinajstić information content (AvgIpc) is 2.39. The molecule has 0 radical (unpaired) electrons. The third-order valence-corrected chi connectivity index (χ3v) is 2.82. The van der Waals surface area contributed by atoms with Gasteiger partial charge in [0.2, 0.25) is 0 Å². The molecule has 18 heavy (non-hydrogen) atoms. The molecule has 4 nitrogen and oxygen atoms in total. The Morgan fingerprint density at radius 1 is 1.33 bits per heavy atom. The van der Waals surface area contributed by atoms with Crippen molar-refractivity contribution >= 4 is 11.4 Å². The minimum Gasteiger partial charge on any atom is -0.497 e. The molecule has 4 heteroatoms. The molecular formula is C14H17N3O. The van der Waals surface area contributed by atoms with Crippen molar-refractivity contribution in [1.82, 2.24) is 4.98 Å². The number of aryl methyl sites for hydroxylation is 1. The van der Waals surface area contributed by atoms with E-state index < -0.39 is 0 Å². The van der Waals surface area contributed by atoms with Crippen LogP contribution in [0, 0.1) is 6.92 Å². The van der Waals surface area contributed by atoms with E-state index in [0.717, 1.165) is 22.7 Å². The van der Waals surface area contributed by atoms with E-state index in [1.165, 1.54) is 0 Å². The number of nitrogens with two attached hydrogens (primary N) is 1. The highest BCUT2D eigenvalue weighted by molar-refractivity contribution is 5.68. The van der Waals surface area contributed by atoms with E-state index in [1.807, 2.05) is 37.3 Å². The summed E-state index contributed by atoms with van der Waals surface area (Å²) in [4.78, 5) is 4.33. The van der Waals surface area contributed by atoms with E-state index in [0.29, 0.717) is 12.2 Å². The van der Waals surface area contributed by atoms with Crippen molar-refractivity contribution in [1.29, 1.82) is 0 Å². The van der Waals surface area contributed by atoms with Crippen LogP contribution in [0.5, 0.6) is 5.75 Å². The van der Waals surface area contributed by atoms with Gasteiger partial charge in [-0.3, -0.25) is 4.98 Å². The van der Waals surface area contributed by atoms with Crippen molar-refractivity contribution in [3.8, 4) is 5.75 Å². The Kier molecular flexibility index (Phi) is 3.67. The van der Waals surface area contributed by atoms with Gasteiger partial charge in [0.1, 0.15) is 5.75 Å². The molecule has 1 aromatic carbocycles. The van der Waals surface area contributed by atoms with E-state index in [1.54, 1.807) is 13.3 Å². The maximum Gasteiger partial charge on any atom is 0.121 e. The number of hydrogen-bond donors (Lipinski definition) is 2. The summed E-state index contributed by atoms with van der Waals surface area (Å²) in [6, 6.07) is 9.52. The first kappa shape index (κ1) is 12.2. The number of pyridine rings is 1. The molecule has 0 atom stereocenters. The maximum atomic E-state index is 5.91. The van der Waals surface area contributed by atoms with Crippen LogP contribution in [0.4, 0.5) is 11.4 Å². The molecule has 0 spiro atoms. The molecule has 0 fully saturated rings. The fourth-order valence-electron chi connectivity index (χ4n) is 1.70. The van der Waals surface area contributed by atoms with Gasteiger partial charge in [0, 0.05) is 12.3 Å². The lowest BCUT2D eigenvalue weighted by atomic mass is 10.2. The standard InChI is InChI=1S/C14H17N3O/c1-10-4-3-7-16-14(10)9-17-13-8-11(18-2)5-6-12(13)15/h3-8,17H,9,15H2,1-2H3. The zero-order valence-corrected chi connectivity index (χ0v) is 10.6. The van der Waals surface area contributed by atoms with E-state index in [-0.39, 0.29) is 0 Å². The number of ether oxygens (including phenoxy) is 1. The number of methoxy groups -OCH3 is 1. The highest BCUT2D eigenvalue weighted by Gasteiger charge is 2.03. The Morgan fingerprint density at radius 2 is 2.17 bits per heavy atom. The summed E-state index contributed by atoms with van der Waals surface area (Å²) in [6.07, 6.45) is 1.79. The molecule has 94 valence electrons. The first-order chi connectivity index (χ1) is 8.70. The van der Waals surface area contributed by atoms with E-state index >= 15 is 0 Å². The lowest BCUT2D eigenvalue weighted by Gasteiger charge is -2.11. The number of nitrogens with zero attached hydrogens (tertiary/aromatic N) is 1. The molecule has 0 aliphatic carbocycles. The number of nitrogen functional groups attached to an aromatic ring is 1. The van der Waals surface area contributed by atoms with Crippen molar-refractivity contribution in [3.05, 3.63) is 47.8 Å². The molecule has 0 saturated carbocycles. The molecule has 0 amide bonds. The number of hydrogen-bond acceptors (Lipinski definition) is 4.